The van der Waals surface area contributed by atoms with Crippen molar-refractivity contribution in [2.45, 2.75) is 25.2 Å². The Hall–Kier alpha value is -3.66. The van der Waals surface area contributed by atoms with Crippen molar-refractivity contribution in [2.75, 3.05) is 19.1 Å². The van der Waals surface area contributed by atoms with Gasteiger partial charge < -0.3 is 9.64 Å². The number of hydrogen-bond acceptors (Lipinski definition) is 3. The van der Waals surface area contributed by atoms with E-state index in [9.17, 15) is 9.59 Å². The molecule has 0 saturated carbocycles. The minimum Gasteiger partial charge on any atom is -0.466 e. The monoisotopic (exact) mass is 423 g/mol. The number of methoxy groups -OCH3 is 1. The van der Waals surface area contributed by atoms with Crippen LogP contribution in [0.2, 0.25) is 0 Å². The van der Waals surface area contributed by atoms with E-state index in [4.69, 9.17) is 4.74 Å². The molecule has 1 amide bonds. The van der Waals surface area contributed by atoms with Crippen LogP contribution in [0.15, 0.2) is 78.4 Å². The highest BCUT2D eigenvalue weighted by Crippen LogP contribution is 2.54. The number of fused-ring (bicyclic) bond motifs is 4. The van der Waals surface area contributed by atoms with Gasteiger partial charge in [0.1, 0.15) is 5.41 Å². The first-order valence-electron chi connectivity index (χ1n) is 10.7. The van der Waals surface area contributed by atoms with Crippen LogP contribution < -0.4 is 4.90 Å². The average molecular weight is 424 g/mol. The number of carbonyl (C=O) groups excluding carboxylic acids is 2. The SMILES string of the molecule is COC(=O)C1=C[C@]2(C(=O)N(C)c3ccccc32)c2ccccc2[C@@H]1c1cc(C)cc(C)c1. The average Bonchev–Trinajstić information content (AvgIpc) is 3.00. The first-order valence-corrected chi connectivity index (χ1v) is 10.7. The number of para-hydroxylation sites is 1. The third kappa shape index (κ3) is 2.69. The topological polar surface area (TPSA) is 46.6 Å². The van der Waals surface area contributed by atoms with Crippen LogP contribution >= 0.6 is 0 Å². The molecule has 3 aromatic rings. The lowest BCUT2D eigenvalue weighted by Gasteiger charge is -2.37. The maximum absolute atomic E-state index is 13.8. The van der Waals surface area contributed by atoms with E-state index in [0.717, 1.165) is 39.1 Å². The molecule has 1 aliphatic carbocycles. The number of rotatable bonds is 2. The minimum atomic E-state index is -1.05. The quantitative estimate of drug-likeness (QED) is 0.556. The molecule has 2 aliphatic rings. The van der Waals surface area contributed by atoms with Crippen LogP contribution in [-0.4, -0.2) is 26.0 Å². The van der Waals surface area contributed by atoms with Crippen LogP contribution in [0, 0.1) is 13.8 Å². The van der Waals surface area contributed by atoms with Crippen LogP contribution in [0.5, 0.6) is 0 Å². The number of ether oxygens (including phenoxy) is 1. The number of nitrogens with zero attached hydrogens (tertiary/aromatic N) is 1. The predicted molar refractivity (Wildman–Crippen MR) is 125 cm³/mol. The van der Waals surface area contributed by atoms with Gasteiger partial charge in [0.15, 0.2) is 0 Å². The third-order valence-electron chi connectivity index (χ3n) is 6.71. The zero-order valence-corrected chi connectivity index (χ0v) is 18.7. The van der Waals surface area contributed by atoms with Gasteiger partial charge in [0.2, 0.25) is 5.91 Å². The lowest BCUT2D eigenvalue weighted by molar-refractivity contribution is -0.136. The molecule has 2 atom stereocenters. The first-order chi connectivity index (χ1) is 15.4. The maximum Gasteiger partial charge on any atom is 0.334 e. The summed E-state index contributed by atoms with van der Waals surface area (Å²) in [6.07, 6.45) is 1.86. The lowest BCUT2D eigenvalue weighted by Crippen LogP contribution is -2.42. The highest BCUT2D eigenvalue weighted by atomic mass is 16.5. The van der Waals surface area contributed by atoms with Gasteiger partial charge in [-0.1, -0.05) is 71.8 Å². The summed E-state index contributed by atoms with van der Waals surface area (Å²) in [5.74, 6) is -0.789. The molecule has 4 heteroatoms. The van der Waals surface area contributed by atoms with Crippen LogP contribution in [0.25, 0.3) is 0 Å². The summed E-state index contributed by atoms with van der Waals surface area (Å²) in [6, 6.07) is 22.1. The number of amides is 1. The van der Waals surface area contributed by atoms with E-state index in [2.05, 4.69) is 32.0 Å². The fraction of sp³-hybridized carbons (Fsp3) is 0.214. The Morgan fingerprint density at radius 1 is 0.938 bits per heavy atom. The molecule has 0 fully saturated rings. The van der Waals surface area contributed by atoms with E-state index >= 15 is 0 Å². The van der Waals surface area contributed by atoms with Gasteiger partial charge in [-0.25, -0.2) is 4.79 Å². The van der Waals surface area contributed by atoms with E-state index in [1.54, 1.807) is 11.9 Å². The van der Waals surface area contributed by atoms with Crippen LogP contribution in [0.4, 0.5) is 5.69 Å². The molecular formula is C28H25NO3. The molecule has 4 nitrogen and oxygen atoms in total. The van der Waals surface area contributed by atoms with Crippen LogP contribution in [-0.2, 0) is 19.7 Å². The molecule has 32 heavy (non-hydrogen) atoms. The van der Waals surface area contributed by atoms with Gasteiger partial charge >= 0.3 is 5.97 Å². The second-order valence-corrected chi connectivity index (χ2v) is 8.72. The molecule has 0 aromatic heterocycles. The number of anilines is 1. The van der Waals surface area contributed by atoms with Crippen molar-refractivity contribution in [3.63, 3.8) is 0 Å². The van der Waals surface area contributed by atoms with E-state index < -0.39 is 11.4 Å². The molecule has 1 heterocycles. The Morgan fingerprint density at radius 2 is 1.56 bits per heavy atom. The highest BCUT2D eigenvalue weighted by molar-refractivity contribution is 6.13. The normalized spacial score (nSPS) is 21.2. The molecule has 160 valence electrons. The van der Waals surface area contributed by atoms with E-state index in [-0.39, 0.29) is 11.8 Å². The minimum absolute atomic E-state index is 0.0635. The summed E-state index contributed by atoms with van der Waals surface area (Å²) in [6.45, 7) is 4.11. The van der Waals surface area contributed by atoms with Gasteiger partial charge in [0.05, 0.1) is 7.11 Å². The molecule has 0 bridgehead atoms. The molecule has 0 radical (unpaired) electrons. The molecule has 3 aromatic carbocycles. The molecule has 5 rings (SSSR count). The van der Waals surface area contributed by atoms with Crippen molar-refractivity contribution in [1.29, 1.82) is 0 Å². The number of esters is 1. The summed E-state index contributed by atoms with van der Waals surface area (Å²) >= 11 is 0. The number of carbonyl (C=O) groups is 2. The summed E-state index contributed by atoms with van der Waals surface area (Å²) in [7, 11) is 3.19. The predicted octanol–water partition coefficient (Wildman–Crippen LogP) is 4.81. The lowest BCUT2D eigenvalue weighted by atomic mass is 9.64. The summed E-state index contributed by atoms with van der Waals surface area (Å²) in [5.41, 5.74) is 6.34. The van der Waals surface area contributed by atoms with Crippen molar-refractivity contribution < 1.29 is 14.3 Å². The molecular weight excluding hydrogens is 398 g/mol. The molecule has 0 saturated heterocycles. The van der Waals surface area contributed by atoms with E-state index in [1.807, 2.05) is 54.6 Å². The maximum atomic E-state index is 13.8. The smallest absolute Gasteiger partial charge is 0.334 e. The van der Waals surface area contributed by atoms with E-state index in [0.29, 0.717) is 5.57 Å². The largest absolute Gasteiger partial charge is 0.466 e. The number of aryl methyl sites for hydroxylation is 2. The standard InChI is InChI=1S/C28H25NO3/c1-17-13-18(2)15-19(14-17)25-20-9-5-6-10-22(20)28(16-21(25)26(30)32-4)23-11-7-8-12-24(23)29(3)27(28)31/h5-16,25H,1-4H3/t25-,28-/m0/s1. The summed E-state index contributed by atoms with van der Waals surface area (Å²) in [4.78, 5) is 28.7. The highest BCUT2D eigenvalue weighted by Gasteiger charge is 2.54. The number of hydrogen-bond donors (Lipinski definition) is 0. The molecule has 1 aliphatic heterocycles. The third-order valence-corrected chi connectivity index (χ3v) is 6.71. The Labute approximate surface area is 188 Å². The second kappa shape index (κ2) is 7.20. The van der Waals surface area contributed by atoms with Crippen molar-refractivity contribution in [2.24, 2.45) is 0 Å². The number of likely N-dealkylation sites (N-methyl/N-ethyl adjacent to an activating group) is 1. The van der Waals surface area contributed by atoms with Crippen molar-refractivity contribution in [3.8, 4) is 0 Å². The van der Waals surface area contributed by atoms with Gasteiger partial charge in [-0.3, -0.25) is 4.79 Å². The molecule has 0 N–H and O–H groups in total. The zero-order chi connectivity index (χ0) is 22.6. The Bertz CT molecular complexity index is 1290. The zero-order valence-electron chi connectivity index (χ0n) is 18.7. The van der Waals surface area contributed by atoms with Gasteiger partial charge in [-0.05, 0) is 48.2 Å². The van der Waals surface area contributed by atoms with Crippen molar-refractivity contribution in [1.82, 2.24) is 0 Å². The van der Waals surface area contributed by atoms with Gasteiger partial charge in [0, 0.05) is 24.2 Å². The van der Waals surface area contributed by atoms with Gasteiger partial charge in [0.25, 0.3) is 0 Å². The van der Waals surface area contributed by atoms with Gasteiger partial charge in [-0.15, -0.1) is 0 Å². The second-order valence-electron chi connectivity index (χ2n) is 8.72. The Morgan fingerprint density at radius 3 is 2.25 bits per heavy atom. The van der Waals surface area contributed by atoms with Gasteiger partial charge in [-0.2, -0.15) is 0 Å². The Balaban J connectivity index is 1.87. The van der Waals surface area contributed by atoms with Crippen LogP contribution in [0.3, 0.4) is 0 Å². The van der Waals surface area contributed by atoms with E-state index in [1.165, 1.54) is 7.11 Å². The summed E-state index contributed by atoms with van der Waals surface area (Å²) in [5, 5.41) is 0. The fourth-order valence-corrected chi connectivity index (χ4v) is 5.49. The molecule has 1 spiro atoms. The fourth-order valence-electron chi connectivity index (χ4n) is 5.49. The number of benzene rings is 3. The van der Waals surface area contributed by atoms with Crippen molar-refractivity contribution >= 4 is 17.6 Å². The van der Waals surface area contributed by atoms with Crippen LogP contribution in [0.1, 0.15) is 39.3 Å². The van der Waals surface area contributed by atoms with Crippen molar-refractivity contribution in [3.05, 3.63) is 112 Å². The Kier molecular flexibility index (Phi) is 4.55. The first kappa shape index (κ1) is 20.3. The molecule has 0 unspecified atom stereocenters. The summed E-state index contributed by atoms with van der Waals surface area (Å²) < 4.78 is 5.24.